The van der Waals surface area contributed by atoms with Crippen molar-refractivity contribution in [3.05, 3.63) is 35.4 Å². The molecule has 1 aromatic rings. The van der Waals surface area contributed by atoms with Crippen LogP contribution in [0, 0.1) is 0 Å². The fourth-order valence-corrected chi connectivity index (χ4v) is 4.31. The van der Waals surface area contributed by atoms with E-state index < -0.39 is 6.10 Å². The summed E-state index contributed by atoms with van der Waals surface area (Å²) in [4.78, 5) is 14.9. The summed E-state index contributed by atoms with van der Waals surface area (Å²) in [5.74, 6) is 0.124. The molecule has 3 unspecified atom stereocenters. The van der Waals surface area contributed by atoms with Gasteiger partial charge in [0.25, 0.3) is 5.91 Å². The quantitative estimate of drug-likeness (QED) is 0.902. The van der Waals surface area contributed by atoms with Crippen LogP contribution in [-0.4, -0.2) is 42.6 Å². The van der Waals surface area contributed by atoms with Crippen LogP contribution in [0.2, 0.25) is 0 Å². The monoisotopic (exact) mass is 336 g/mol. The molecule has 2 bridgehead atoms. The fraction of sp³-hybridized carbons (Fsp3) is 0.611. The zero-order valence-electron chi connectivity index (χ0n) is 13.5. The lowest BCUT2D eigenvalue weighted by Crippen LogP contribution is -2.50. The van der Waals surface area contributed by atoms with Gasteiger partial charge in [0.2, 0.25) is 0 Å². The van der Waals surface area contributed by atoms with Gasteiger partial charge in [0, 0.05) is 25.2 Å². The van der Waals surface area contributed by atoms with E-state index in [1.807, 2.05) is 30.1 Å². The second-order valence-electron chi connectivity index (χ2n) is 6.91. The van der Waals surface area contributed by atoms with E-state index in [-0.39, 0.29) is 18.3 Å². The van der Waals surface area contributed by atoms with Gasteiger partial charge in [-0.05, 0) is 43.2 Å². The average molecular weight is 337 g/mol. The number of benzene rings is 1. The van der Waals surface area contributed by atoms with E-state index in [2.05, 4.69) is 11.4 Å². The topological polar surface area (TPSA) is 41.6 Å². The van der Waals surface area contributed by atoms with E-state index in [1.165, 1.54) is 18.4 Å². The minimum Gasteiger partial charge on any atom is -0.363 e. The number of piperidine rings is 1. The first-order chi connectivity index (χ1) is 10.7. The molecule has 1 aromatic carbocycles. The van der Waals surface area contributed by atoms with Crippen LogP contribution in [-0.2, 0) is 16.0 Å². The normalized spacial score (nSPS) is 31.9. The summed E-state index contributed by atoms with van der Waals surface area (Å²) < 4.78 is 5.84. The molecule has 1 N–H and O–H groups in total. The Morgan fingerprint density at radius 2 is 1.91 bits per heavy atom. The zero-order valence-corrected chi connectivity index (χ0v) is 14.3. The molecule has 0 aromatic heterocycles. The predicted molar refractivity (Wildman–Crippen MR) is 91.8 cm³/mol. The van der Waals surface area contributed by atoms with Crippen molar-refractivity contribution in [3.63, 3.8) is 0 Å². The van der Waals surface area contributed by atoms with E-state index in [1.54, 1.807) is 0 Å². The Balaban J connectivity index is 0.00000156. The number of fused-ring (bicyclic) bond motifs is 3. The molecular weight excluding hydrogens is 312 g/mol. The average Bonchev–Trinajstić information content (AvgIpc) is 2.91. The molecule has 0 spiro atoms. The van der Waals surface area contributed by atoms with E-state index in [4.69, 9.17) is 4.74 Å². The number of carbonyl (C=O) groups excluding carboxylic acids is 1. The minimum absolute atomic E-state index is 0. The summed E-state index contributed by atoms with van der Waals surface area (Å²) in [6.07, 6.45) is 5.15. The molecule has 0 saturated carbocycles. The number of amides is 1. The summed E-state index contributed by atoms with van der Waals surface area (Å²) in [5, 5.41) is 3.64. The summed E-state index contributed by atoms with van der Waals surface area (Å²) in [5.41, 5.74) is 2.31. The Kier molecular flexibility index (Phi) is 4.95. The van der Waals surface area contributed by atoms with E-state index in [0.29, 0.717) is 24.7 Å². The summed E-state index contributed by atoms with van der Waals surface area (Å²) in [6, 6.07) is 9.74. The second-order valence-corrected chi connectivity index (χ2v) is 6.91. The number of rotatable bonds is 2. The van der Waals surface area contributed by atoms with Gasteiger partial charge in [0.15, 0.2) is 6.10 Å². The molecule has 0 aliphatic carbocycles. The van der Waals surface area contributed by atoms with E-state index in [0.717, 1.165) is 24.8 Å². The molecule has 3 heterocycles. The molecule has 0 radical (unpaired) electrons. The van der Waals surface area contributed by atoms with Crippen molar-refractivity contribution in [3.8, 4) is 0 Å². The lowest BCUT2D eigenvalue weighted by atomic mass is 9.94. The number of carbonyl (C=O) groups is 1. The van der Waals surface area contributed by atoms with Crippen LogP contribution >= 0.6 is 12.4 Å². The smallest absolute Gasteiger partial charge is 0.256 e. The molecule has 3 atom stereocenters. The third kappa shape index (κ3) is 3.12. The summed E-state index contributed by atoms with van der Waals surface area (Å²) >= 11 is 0. The second kappa shape index (κ2) is 6.80. The number of ether oxygens (including phenoxy) is 1. The first kappa shape index (κ1) is 16.7. The van der Waals surface area contributed by atoms with Gasteiger partial charge in [-0.25, -0.2) is 0 Å². The molecule has 3 aliphatic rings. The first-order valence-corrected chi connectivity index (χ1v) is 8.44. The van der Waals surface area contributed by atoms with Crippen molar-refractivity contribution < 1.29 is 9.53 Å². The van der Waals surface area contributed by atoms with Gasteiger partial charge >= 0.3 is 0 Å². The maximum atomic E-state index is 13.0. The van der Waals surface area contributed by atoms with Crippen molar-refractivity contribution in [2.75, 3.05) is 13.7 Å². The van der Waals surface area contributed by atoms with Crippen molar-refractivity contribution >= 4 is 18.3 Å². The molecule has 1 amide bonds. The molecule has 126 valence electrons. The maximum Gasteiger partial charge on any atom is 0.256 e. The van der Waals surface area contributed by atoms with Gasteiger partial charge in [-0.3, -0.25) is 4.79 Å². The minimum atomic E-state index is -0.414. The van der Waals surface area contributed by atoms with Gasteiger partial charge in [-0.2, -0.15) is 0 Å². The van der Waals surface area contributed by atoms with Crippen molar-refractivity contribution in [2.45, 2.75) is 56.3 Å². The Labute approximate surface area is 144 Å². The van der Waals surface area contributed by atoms with Gasteiger partial charge < -0.3 is 15.0 Å². The maximum absolute atomic E-state index is 13.0. The zero-order chi connectivity index (χ0) is 15.1. The highest BCUT2D eigenvalue weighted by Crippen LogP contribution is 2.33. The third-order valence-electron chi connectivity index (χ3n) is 5.56. The molecule has 5 heteroatoms. The van der Waals surface area contributed by atoms with Crippen LogP contribution in [0.15, 0.2) is 24.3 Å². The standard InChI is InChI=1S/C18H24N2O2.ClH/c1-20(15-10-13-6-7-14(11-15)19-13)18(21)17-16-5-3-2-4-12(16)8-9-22-17;/h2-5,13-15,17,19H,6-11H2,1H3;1H. The summed E-state index contributed by atoms with van der Waals surface area (Å²) in [7, 11) is 1.96. The Hall–Kier alpha value is -1.10. The van der Waals surface area contributed by atoms with Crippen LogP contribution in [0.4, 0.5) is 0 Å². The number of hydrogen-bond acceptors (Lipinski definition) is 3. The Bertz CT molecular complexity index is 568. The lowest BCUT2D eigenvalue weighted by Gasteiger charge is -2.38. The van der Waals surface area contributed by atoms with Gasteiger partial charge in [0.1, 0.15) is 0 Å². The molecule has 4 nitrogen and oxygen atoms in total. The van der Waals surface area contributed by atoms with Crippen molar-refractivity contribution in [1.29, 1.82) is 0 Å². The van der Waals surface area contributed by atoms with E-state index in [9.17, 15) is 4.79 Å². The van der Waals surface area contributed by atoms with Gasteiger partial charge in [-0.15, -0.1) is 12.4 Å². The molecule has 2 fully saturated rings. The number of likely N-dealkylation sites (N-methyl/N-ethyl adjacent to an activating group) is 1. The van der Waals surface area contributed by atoms with Crippen LogP contribution in [0.3, 0.4) is 0 Å². The lowest BCUT2D eigenvalue weighted by molar-refractivity contribution is -0.146. The van der Waals surface area contributed by atoms with Gasteiger partial charge in [-0.1, -0.05) is 24.3 Å². The van der Waals surface area contributed by atoms with Crippen LogP contribution < -0.4 is 5.32 Å². The molecule has 2 saturated heterocycles. The predicted octanol–water partition coefficient (Wildman–Crippen LogP) is 2.46. The van der Waals surface area contributed by atoms with Crippen molar-refractivity contribution in [2.24, 2.45) is 0 Å². The summed E-state index contributed by atoms with van der Waals surface area (Å²) in [6.45, 7) is 0.638. The fourth-order valence-electron chi connectivity index (χ4n) is 4.31. The molecule has 4 rings (SSSR count). The highest BCUT2D eigenvalue weighted by atomic mass is 35.5. The Morgan fingerprint density at radius 1 is 1.22 bits per heavy atom. The van der Waals surface area contributed by atoms with Gasteiger partial charge in [0.05, 0.1) is 6.61 Å². The molecule has 23 heavy (non-hydrogen) atoms. The first-order valence-electron chi connectivity index (χ1n) is 8.44. The number of hydrogen-bond donors (Lipinski definition) is 1. The van der Waals surface area contributed by atoms with Crippen LogP contribution in [0.5, 0.6) is 0 Å². The number of nitrogens with one attached hydrogen (secondary N) is 1. The van der Waals surface area contributed by atoms with E-state index >= 15 is 0 Å². The molecule has 3 aliphatic heterocycles. The highest BCUT2D eigenvalue weighted by Gasteiger charge is 2.39. The van der Waals surface area contributed by atoms with Crippen molar-refractivity contribution in [1.82, 2.24) is 10.2 Å². The molecular formula is C18H25ClN2O2. The number of nitrogens with zero attached hydrogens (tertiary/aromatic N) is 1. The Morgan fingerprint density at radius 3 is 2.65 bits per heavy atom. The largest absolute Gasteiger partial charge is 0.363 e. The SMILES string of the molecule is CN(C(=O)C1OCCc2ccccc21)C1CC2CCC(C1)N2.Cl. The van der Waals surface area contributed by atoms with Crippen LogP contribution in [0.25, 0.3) is 0 Å². The number of halogens is 1. The third-order valence-corrected chi connectivity index (χ3v) is 5.56. The van der Waals surface area contributed by atoms with Crippen LogP contribution in [0.1, 0.15) is 42.9 Å². The highest BCUT2D eigenvalue weighted by molar-refractivity contribution is 5.85.